The summed E-state index contributed by atoms with van der Waals surface area (Å²) in [7, 11) is 1.63. The van der Waals surface area contributed by atoms with Crippen molar-refractivity contribution in [2.75, 3.05) is 17.7 Å². The lowest BCUT2D eigenvalue weighted by atomic mass is 9.75. The van der Waals surface area contributed by atoms with Crippen LogP contribution in [-0.4, -0.2) is 22.9 Å². The molecule has 1 heterocycles. The van der Waals surface area contributed by atoms with Crippen LogP contribution in [0.15, 0.2) is 42.5 Å². The van der Waals surface area contributed by atoms with E-state index in [1.165, 1.54) is 0 Å². The average molecular weight is 437 g/mol. The van der Waals surface area contributed by atoms with Gasteiger partial charge in [-0.2, -0.15) is 4.98 Å². The maximum absolute atomic E-state index is 13.0. The highest BCUT2D eigenvalue weighted by atomic mass is 35.5. The molecule has 3 aromatic rings. The average Bonchev–Trinajstić information content (AvgIpc) is 2.70. The fraction of sp³-hybridized carbons (Fsp3) is 0.292. The number of halogens is 1. The van der Waals surface area contributed by atoms with Crippen LogP contribution in [0.1, 0.15) is 41.9 Å². The lowest BCUT2D eigenvalue weighted by Gasteiger charge is -2.30. The highest BCUT2D eigenvalue weighted by Gasteiger charge is 2.35. The molecule has 0 atom stereocenters. The van der Waals surface area contributed by atoms with Crippen molar-refractivity contribution in [3.05, 3.63) is 64.3 Å². The van der Waals surface area contributed by atoms with Gasteiger partial charge < -0.3 is 15.4 Å². The van der Waals surface area contributed by atoms with Gasteiger partial charge in [-0.3, -0.25) is 4.79 Å². The Bertz CT molecular complexity index is 1140. The number of ether oxygens (including phenoxy) is 1. The summed E-state index contributed by atoms with van der Waals surface area (Å²) < 4.78 is 5.21. The lowest BCUT2D eigenvalue weighted by molar-refractivity contribution is 0.0911. The third-order valence-corrected chi connectivity index (χ3v) is 5.74. The molecular formula is C24H25ClN4O2. The monoisotopic (exact) mass is 436 g/mol. The number of benzene rings is 2. The highest BCUT2D eigenvalue weighted by Crippen LogP contribution is 2.38. The molecular weight excluding hydrogens is 412 g/mol. The molecule has 31 heavy (non-hydrogen) atoms. The van der Waals surface area contributed by atoms with Gasteiger partial charge in [0.05, 0.1) is 18.4 Å². The fourth-order valence-corrected chi connectivity index (χ4v) is 3.90. The zero-order valence-corrected chi connectivity index (χ0v) is 18.8. The third kappa shape index (κ3) is 4.64. The van der Waals surface area contributed by atoms with E-state index in [0.717, 1.165) is 28.4 Å². The molecule has 4 rings (SSSR count). The second-order valence-electron chi connectivity index (χ2n) is 8.60. The lowest BCUT2D eigenvalue weighted by Crippen LogP contribution is -2.29. The molecule has 0 fully saturated rings. The number of hydrogen-bond acceptors (Lipinski definition) is 6. The summed E-state index contributed by atoms with van der Waals surface area (Å²) in [6, 6.07) is 13.2. The van der Waals surface area contributed by atoms with Gasteiger partial charge >= 0.3 is 0 Å². The number of ketones is 1. The van der Waals surface area contributed by atoms with Crippen LogP contribution in [0.3, 0.4) is 0 Å². The van der Waals surface area contributed by atoms with Crippen LogP contribution in [0.25, 0.3) is 0 Å². The van der Waals surface area contributed by atoms with Crippen molar-refractivity contribution in [2.24, 2.45) is 5.41 Å². The first-order chi connectivity index (χ1) is 14.7. The molecule has 0 unspecified atom stereocenters. The minimum Gasteiger partial charge on any atom is -0.497 e. The number of carbonyl (C=O) groups excluding carboxylic acids is 1. The molecule has 6 nitrogen and oxygen atoms in total. The maximum Gasteiger partial charge on any atom is 0.229 e. The first kappa shape index (κ1) is 21.1. The molecule has 0 bridgehead atoms. The Kier molecular flexibility index (Phi) is 5.58. The molecule has 160 valence electrons. The van der Waals surface area contributed by atoms with Crippen molar-refractivity contribution >= 4 is 40.5 Å². The standard InChI is InChI=1S/C24H25ClN4O2/c1-14-5-6-16(11-18(14)25)26-22-21-19(12-24(2,3)13-20(21)30)28-23(29-22)27-15-7-9-17(31-4)10-8-15/h5-11H,12-13H2,1-4H3,(H2,26,27,28,29). The van der Waals surface area contributed by atoms with Crippen molar-refractivity contribution in [1.29, 1.82) is 0 Å². The second-order valence-corrected chi connectivity index (χ2v) is 9.01. The summed E-state index contributed by atoms with van der Waals surface area (Å²) in [4.78, 5) is 22.3. The van der Waals surface area contributed by atoms with Gasteiger partial charge in [0.2, 0.25) is 5.95 Å². The van der Waals surface area contributed by atoms with Gasteiger partial charge in [-0.1, -0.05) is 31.5 Å². The van der Waals surface area contributed by atoms with E-state index in [0.29, 0.717) is 35.2 Å². The summed E-state index contributed by atoms with van der Waals surface area (Å²) in [5, 5.41) is 7.17. The summed E-state index contributed by atoms with van der Waals surface area (Å²) in [6.45, 7) is 6.11. The zero-order valence-electron chi connectivity index (χ0n) is 18.0. The fourth-order valence-electron chi connectivity index (χ4n) is 3.72. The van der Waals surface area contributed by atoms with Crippen LogP contribution in [-0.2, 0) is 6.42 Å². The minimum atomic E-state index is -0.153. The van der Waals surface area contributed by atoms with Gasteiger partial charge in [-0.15, -0.1) is 0 Å². The number of hydrogen-bond donors (Lipinski definition) is 2. The molecule has 1 aliphatic rings. The number of Topliss-reactive ketones (excluding diaryl/α,β-unsaturated/α-hetero) is 1. The maximum atomic E-state index is 13.0. The van der Waals surface area contributed by atoms with Gasteiger partial charge in [0, 0.05) is 22.8 Å². The number of nitrogens with one attached hydrogen (secondary N) is 2. The minimum absolute atomic E-state index is 0.0444. The molecule has 2 N–H and O–H groups in total. The van der Waals surface area contributed by atoms with Crippen LogP contribution < -0.4 is 15.4 Å². The molecule has 1 aliphatic carbocycles. The number of anilines is 4. The highest BCUT2D eigenvalue weighted by molar-refractivity contribution is 6.31. The molecule has 2 aromatic carbocycles. The van der Waals surface area contributed by atoms with E-state index < -0.39 is 0 Å². The van der Waals surface area contributed by atoms with E-state index in [1.54, 1.807) is 7.11 Å². The van der Waals surface area contributed by atoms with E-state index in [-0.39, 0.29) is 11.2 Å². The second kappa shape index (κ2) is 8.19. The Morgan fingerprint density at radius 1 is 1.00 bits per heavy atom. The summed E-state index contributed by atoms with van der Waals surface area (Å²) in [5.74, 6) is 1.72. The van der Waals surface area contributed by atoms with E-state index >= 15 is 0 Å². The smallest absolute Gasteiger partial charge is 0.229 e. The number of carbonyl (C=O) groups is 1. The third-order valence-electron chi connectivity index (χ3n) is 5.33. The van der Waals surface area contributed by atoms with Crippen molar-refractivity contribution < 1.29 is 9.53 Å². The quantitative estimate of drug-likeness (QED) is 0.504. The Balaban J connectivity index is 1.74. The van der Waals surface area contributed by atoms with Crippen molar-refractivity contribution in [3.63, 3.8) is 0 Å². The predicted molar refractivity (Wildman–Crippen MR) is 124 cm³/mol. The Hall–Kier alpha value is -3.12. The predicted octanol–water partition coefficient (Wildman–Crippen LogP) is 6.09. The first-order valence-electron chi connectivity index (χ1n) is 10.1. The number of rotatable bonds is 5. The SMILES string of the molecule is COc1ccc(Nc2nc3c(c(Nc4ccc(C)c(Cl)c4)n2)C(=O)CC(C)(C)C3)cc1. The van der Waals surface area contributed by atoms with Gasteiger partial charge in [-0.05, 0) is 60.7 Å². The zero-order chi connectivity index (χ0) is 22.2. The van der Waals surface area contributed by atoms with E-state index in [1.807, 2.05) is 49.4 Å². The number of aromatic nitrogens is 2. The van der Waals surface area contributed by atoms with E-state index in [2.05, 4.69) is 29.5 Å². The molecule has 0 aliphatic heterocycles. The normalized spacial score (nSPS) is 14.7. The van der Waals surface area contributed by atoms with Crippen LogP contribution in [0.4, 0.5) is 23.1 Å². The first-order valence-corrected chi connectivity index (χ1v) is 10.5. The number of methoxy groups -OCH3 is 1. The summed E-state index contributed by atoms with van der Waals surface area (Å²) in [5.41, 5.74) is 3.72. The summed E-state index contributed by atoms with van der Waals surface area (Å²) >= 11 is 6.29. The molecule has 0 radical (unpaired) electrons. The molecule has 0 amide bonds. The number of aryl methyl sites for hydroxylation is 1. The number of fused-ring (bicyclic) bond motifs is 1. The van der Waals surface area contributed by atoms with Crippen LogP contribution >= 0.6 is 11.6 Å². The van der Waals surface area contributed by atoms with Crippen LogP contribution in [0.2, 0.25) is 5.02 Å². The number of nitrogens with zero attached hydrogens (tertiary/aromatic N) is 2. The van der Waals surface area contributed by atoms with Gasteiger partial charge in [0.15, 0.2) is 5.78 Å². The Morgan fingerprint density at radius 2 is 1.71 bits per heavy atom. The largest absolute Gasteiger partial charge is 0.497 e. The van der Waals surface area contributed by atoms with Crippen molar-refractivity contribution in [2.45, 2.75) is 33.6 Å². The van der Waals surface area contributed by atoms with Crippen molar-refractivity contribution in [3.8, 4) is 5.75 Å². The van der Waals surface area contributed by atoms with E-state index in [4.69, 9.17) is 21.3 Å². The molecule has 0 saturated carbocycles. The summed E-state index contributed by atoms with van der Waals surface area (Å²) in [6.07, 6.45) is 1.15. The topological polar surface area (TPSA) is 76.1 Å². The van der Waals surface area contributed by atoms with Gasteiger partial charge in [-0.25, -0.2) is 4.98 Å². The van der Waals surface area contributed by atoms with Crippen LogP contribution in [0.5, 0.6) is 5.75 Å². The molecule has 1 aromatic heterocycles. The molecule has 7 heteroatoms. The van der Waals surface area contributed by atoms with Crippen molar-refractivity contribution in [1.82, 2.24) is 9.97 Å². The van der Waals surface area contributed by atoms with Crippen LogP contribution in [0, 0.1) is 12.3 Å². The molecule has 0 spiro atoms. The Morgan fingerprint density at radius 3 is 2.39 bits per heavy atom. The van der Waals surface area contributed by atoms with Gasteiger partial charge in [0.1, 0.15) is 11.6 Å². The Labute approximate surface area is 187 Å². The van der Waals surface area contributed by atoms with Gasteiger partial charge in [0.25, 0.3) is 0 Å². The van der Waals surface area contributed by atoms with E-state index in [9.17, 15) is 4.79 Å². The molecule has 0 saturated heterocycles.